The highest BCUT2D eigenvalue weighted by atomic mass is 16.7. The third-order valence-corrected chi connectivity index (χ3v) is 17.5. The van der Waals surface area contributed by atoms with Crippen LogP contribution in [0, 0.1) is 0 Å². The molecule has 8 bridgehead atoms. The second-order valence-corrected chi connectivity index (χ2v) is 23.4. The molecular formula is C68H85N2O8+. The second-order valence-electron chi connectivity index (χ2n) is 23.4. The van der Waals surface area contributed by atoms with Crippen molar-refractivity contribution in [2.24, 2.45) is 0 Å². The third kappa shape index (κ3) is 10.5. The summed E-state index contributed by atoms with van der Waals surface area (Å²) in [6, 6.07) is 23.1. The van der Waals surface area contributed by atoms with Crippen LogP contribution < -0.4 is 42.5 Å². The molecule has 5 aliphatic rings. The molecule has 5 aromatic carbocycles. The molecule has 0 radical (unpaired) electrons. The number of unbranched alkanes of at least 4 members (excludes halogenated alkanes) is 8. The standard InChI is InChI=1S/C68H85N2O8/c1-9-13-17-22-47-51-30-52-48(23-18-14-10-2)54-32-56-50(25-20-16-12-4)58-33-57-49(24-19-15-11-3)55-31-53(47)62-35-64(55)75-41-77-67(57)59(37-69-28-29-70(38-69)66-45(43(5)6)26-21-27-46(66)44(7)8)68(58)78-42-76-65(56)36-63(54)74-40-72-61(52)34-60(51)71-39-73-62/h21,26-36,38,43-44,47-50H,9-20,22-25,37,39-42H2,1-8H3/q+1. The molecule has 4 unspecified atom stereocenters. The monoisotopic (exact) mass is 1060 g/mol. The fraction of sp³-hybridized carbons (Fsp3) is 0.515. The van der Waals surface area contributed by atoms with Gasteiger partial charge in [0.2, 0.25) is 33.5 Å². The molecule has 78 heavy (non-hydrogen) atoms. The van der Waals surface area contributed by atoms with E-state index in [4.69, 9.17) is 37.9 Å². The zero-order valence-electron chi connectivity index (χ0n) is 48.0. The van der Waals surface area contributed by atoms with Gasteiger partial charge in [0.15, 0.2) is 0 Å². The Morgan fingerprint density at radius 3 is 1.12 bits per heavy atom. The Morgan fingerprint density at radius 1 is 0.436 bits per heavy atom. The zero-order chi connectivity index (χ0) is 53.9. The van der Waals surface area contributed by atoms with Gasteiger partial charge in [0.05, 0.1) is 5.56 Å². The van der Waals surface area contributed by atoms with E-state index in [0.717, 1.165) is 154 Å². The fourth-order valence-electron chi connectivity index (χ4n) is 13.5. The van der Waals surface area contributed by atoms with Crippen LogP contribution in [-0.2, 0) is 6.54 Å². The molecule has 1 aliphatic carbocycles. The van der Waals surface area contributed by atoms with Crippen molar-refractivity contribution in [3.05, 3.63) is 141 Å². The van der Waals surface area contributed by atoms with Crippen molar-refractivity contribution in [2.45, 2.75) is 200 Å². The second kappa shape index (κ2) is 24.0. The van der Waals surface area contributed by atoms with Crippen molar-refractivity contribution < 1.29 is 42.5 Å². The van der Waals surface area contributed by atoms with Gasteiger partial charge in [-0.1, -0.05) is 151 Å². The van der Waals surface area contributed by atoms with E-state index in [1.165, 1.54) is 61.3 Å². The lowest BCUT2D eigenvalue weighted by atomic mass is 9.75. The first-order valence-electron chi connectivity index (χ1n) is 30.1. The lowest BCUT2D eigenvalue weighted by molar-refractivity contribution is -0.687. The van der Waals surface area contributed by atoms with Crippen molar-refractivity contribution >= 4 is 0 Å². The molecule has 11 rings (SSSR count). The molecule has 4 aliphatic heterocycles. The lowest BCUT2D eigenvalue weighted by Crippen LogP contribution is -2.33. The Hall–Kier alpha value is -6.29. The van der Waals surface area contributed by atoms with E-state index in [-0.39, 0.29) is 50.8 Å². The summed E-state index contributed by atoms with van der Waals surface area (Å²) in [6.07, 6.45) is 23.6. The summed E-state index contributed by atoms with van der Waals surface area (Å²) in [6.45, 7) is 19.0. The molecule has 414 valence electrons. The molecule has 10 heteroatoms. The average Bonchev–Trinajstić information content (AvgIpc) is 4.03. The van der Waals surface area contributed by atoms with E-state index in [2.05, 4.69) is 144 Å². The van der Waals surface area contributed by atoms with Crippen molar-refractivity contribution in [1.29, 1.82) is 0 Å². The van der Waals surface area contributed by atoms with Crippen LogP contribution in [0.2, 0.25) is 0 Å². The van der Waals surface area contributed by atoms with Crippen LogP contribution in [0.3, 0.4) is 0 Å². The van der Waals surface area contributed by atoms with Gasteiger partial charge >= 0.3 is 0 Å². The quantitative estimate of drug-likeness (QED) is 0.0521. The number of aromatic nitrogens is 2. The molecule has 6 aromatic rings. The topological polar surface area (TPSA) is 82.7 Å². The van der Waals surface area contributed by atoms with Crippen LogP contribution in [0.1, 0.15) is 255 Å². The summed E-state index contributed by atoms with van der Waals surface area (Å²) in [7, 11) is 0. The van der Waals surface area contributed by atoms with E-state index in [1.54, 1.807) is 0 Å². The van der Waals surface area contributed by atoms with Crippen LogP contribution in [0.25, 0.3) is 5.69 Å². The first-order chi connectivity index (χ1) is 38.2. The van der Waals surface area contributed by atoms with Crippen LogP contribution in [0.15, 0.2) is 79.4 Å². The number of rotatable bonds is 21. The van der Waals surface area contributed by atoms with Gasteiger partial charge in [-0.25, -0.2) is 9.13 Å². The Balaban J connectivity index is 1.22. The number of para-hydroxylation sites is 1. The minimum Gasteiger partial charge on any atom is -0.457 e. The zero-order valence-corrected chi connectivity index (χ0v) is 48.0. The summed E-state index contributed by atoms with van der Waals surface area (Å²) in [5.74, 6) is 7.03. The first kappa shape index (κ1) is 53.7. The van der Waals surface area contributed by atoms with Crippen molar-refractivity contribution in [3.8, 4) is 51.7 Å². The van der Waals surface area contributed by atoms with Gasteiger partial charge < -0.3 is 37.9 Å². The number of imidazole rings is 1. The summed E-state index contributed by atoms with van der Waals surface area (Å²) in [4.78, 5) is 0. The van der Waals surface area contributed by atoms with Gasteiger partial charge in [-0.3, -0.25) is 0 Å². The fourth-order valence-corrected chi connectivity index (χ4v) is 13.5. The van der Waals surface area contributed by atoms with Gasteiger partial charge in [0.25, 0.3) is 0 Å². The van der Waals surface area contributed by atoms with Crippen LogP contribution in [0.4, 0.5) is 0 Å². The molecule has 5 heterocycles. The summed E-state index contributed by atoms with van der Waals surface area (Å²) in [5, 5.41) is 0. The van der Waals surface area contributed by atoms with E-state index in [9.17, 15) is 0 Å². The van der Waals surface area contributed by atoms with Gasteiger partial charge in [0.1, 0.15) is 70.6 Å². The molecule has 0 fully saturated rings. The normalized spacial score (nSPS) is 18.4. The Morgan fingerprint density at radius 2 is 0.769 bits per heavy atom. The van der Waals surface area contributed by atoms with E-state index in [0.29, 0.717) is 18.4 Å². The number of ether oxygens (including phenoxy) is 8. The highest BCUT2D eigenvalue weighted by molar-refractivity contribution is 5.66. The van der Waals surface area contributed by atoms with Crippen LogP contribution in [-0.4, -0.2) is 31.7 Å². The highest BCUT2D eigenvalue weighted by Gasteiger charge is 2.39. The summed E-state index contributed by atoms with van der Waals surface area (Å²) in [5.41, 5.74) is 14.4. The number of hydrogen-bond donors (Lipinski definition) is 0. The van der Waals surface area contributed by atoms with Crippen molar-refractivity contribution in [3.63, 3.8) is 0 Å². The predicted octanol–water partition coefficient (Wildman–Crippen LogP) is 17.1. The molecule has 0 saturated heterocycles. The Bertz CT molecular complexity index is 2910. The number of nitrogens with zero attached hydrogens (tertiary/aromatic N) is 2. The maximum Gasteiger partial charge on any atom is 0.249 e. The van der Waals surface area contributed by atoms with Gasteiger partial charge in [-0.2, -0.15) is 0 Å². The van der Waals surface area contributed by atoms with Gasteiger partial charge in [-0.05, 0) is 61.8 Å². The van der Waals surface area contributed by atoms with Crippen LogP contribution >= 0.6 is 0 Å². The summed E-state index contributed by atoms with van der Waals surface area (Å²) >= 11 is 0. The van der Waals surface area contributed by atoms with Crippen molar-refractivity contribution in [2.75, 3.05) is 27.2 Å². The molecular weight excluding hydrogens is 973 g/mol. The molecule has 0 amide bonds. The minimum atomic E-state index is -0.0636. The maximum atomic E-state index is 7.16. The van der Waals surface area contributed by atoms with Gasteiger partial charge in [0, 0.05) is 97.5 Å². The molecule has 10 nitrogen and oxygen atoms in total. The molecule has 4 atom stereocenters. The SMILES string of the molecule is CCCCCC1c2cc3c4cc2OCOc2cc5c(cc21)C(CCCCC)c1cc2c(c(C[n+]6ccn(-c7c(C(C)C)cccc7C(C)C)c6)c1OCO5)OCOc1cc(c(cc1C2CCCCC)C3CCCCC)OCO4. The number of benzene rings is 5. The average molecular weight is 1060 g/mol. The first-order valence-corrected chi connectivity index (χ1v) is 30.1. The van der Waals surface area contributed by atoms with Crippen molar-refractivity contribution in [1.82, 2.24) is 4.57 Å². The number of hydrogen-bond acceptors (Lipinski definition) is 8. The van der Waals surface area contributed by atoms with E-state index >= 15 is 0 Å². The Labute approximate surface area is 464 Å². The molecule has 0 N–H and O–H groups in total. The molecule has 1 aromatic heterocycles. The van der Waals surface area contributed by atoms with E-state index < -0.39 is 0 Å². The van der Waals surface area contributed by atoms with Crippen LogP contribution in [0.5, 0.6) is 46.0 Å². The third-order valence-electron chi connectivity index (χ3n) is 17.5. The summed E-state index contributed by atoms with van der Waals surface area (Å²) < 4.78 is 59.7. The maximum absolute atomic E-state index is 7.16. The van der Waals surface area contributed by atoms with Gasteiger partial charge in [-0.15, -0.1) is 0 Å². The predicted molar refractivity (Wildman–Crippen MR) is 307 cm³/mol. The van der Waals surface area contributed by atoms with E-state index in [1.807, 2.05) is 0 Å². The highest BCUT2D eigenvalue weighted by Crippen LogP contribution is 2.56. The minimum absolute atomic E-state index is 0.0143. The lowest BCUT2D eigenvalue weighted by Gasteiger charge is -2.35. The molecule has 0 spiro atoms. The largest absolute Gasteiger partial charge is 0.457 e. The smallest absolute Gasteiger partial charge is 0.249 e. The molecule has 0 saturated carbocycles. The Kier molecular flexibility index (Phi) is 16.5.